The molecule has 3 N–H and O–H groups in total. The molecule has 2 aromatic carbocycles. The monoisotopic (exact) mass is 358 g/mol. The highest BCUT2D eigenvalue weighted by Gasteiger charge is 2.29. The number of carboxylic acid groups (broad SMARTS) is 1. The number of hydrogen-bond donors (Lipinski definition) is 3. The number of urea groups is 1. The van der Waals surface area contributed by atoms with Crippen molar-refractivity contribution in [1.29, 1.82) is 0 Å². The number of alkyl halides is 3. The van der Waals surface area contributed by atoms with Crippen molar-refractivity contribution in [3.05, 3.63) is 58.6 Å². The van der Waals surface area contributed by atoms with Gasteiger partial charge >= 0.3 is 18.2 Å². The predicted molar refractivity (Wildman–Crippen MR) is 82.5 cm³/mol. The molecule has 0 saturated carbocycles. The van der Waals surface area contributed by atoms with Gasteiger partial charge in [0.1, 0.15) is 0 Å². The van der Waals surface area contributed by atoms with E-state index in [4.69, 9.17) is 16.7 Å². The number of anilines is 2. The highest BCUT2D eigenvalue weighted by atomic mass is 35.5. The van der Waals surface area contributed by atoms with Gasteiger partial charge in [-0.25, -0.2) is 9.59 Å². The molecule has 5 nitrogen and oxygen atoms in total. The molecule has 126 valence electrons. The molecule has 24 heavy (non-hydrogen) atoms. The SMILES string of the molecule is O=C(Nc1ccc(C(F)(F)F)cc1)Nc1cc(C(=O)O)ccc1Cl. The Balaban J connectivity index is 2.08. The van der Waals surface area contributed by atoms with Gasteiger partial charge in [0.25, 0.3) is 0 Å². The molecule has 0 aliphatic rings. The lowest BCUT2D eigenvalue weighted by Gasteiger charge is -2.11. The number of aromatic carboxylic acids is 1. The Morgan fingerprint density at radius 1 is 1.00 bits per heavy atom. The average Bonchev–Trinajstić information content (AvgIpc) is 2.48. The van der Waals surface area contributed by atoms with E-state index in [1.165, 1.54) is 12.1 Å². The molecule has 0 aliphatic carbocycles. The first-order valence-corrected chi connectivity index (χ1v) is 6.83. The lowest BCUT2D eigenvalue weighted by molar-refractivity contribution is -0.137. The molecule has 2 amide bonds. The third-order valence-corrected chi connectivity index (χ3v) is 3.26. The van der Waals surface area contributed by atoms with Crippen LogP contribution in [0.4, 0.5) is 29.3 Å². The highest BCUT2D eigenvalue weighted by Crippen LogP contribution is 2.30. The molecule has 0 spiro atoms. The first-order chi connectivity index (χ1) is 11.2. The van der Waals surface area contributed by atoms with E-state index in [9.17, 15) is 22.8 Å². The number of carboxylic acids is 1. The second-order valence-corrected chi connectivity index (χ2v) is 5.06. The quantitative estimate of drug-likeness (QED) is 0.744. The molecule has 0 fully saturated rings. The molecule has 0 unspecified atom stereocenters. The maximum atomic E-state index is 12.5. The lowest BCUT2D eigenvalue weighted by atomic mass is 10.2. The van der Waals surface area contributed by atoms with E-state index in [0.717, 1.165) is 30.3 Å². The van der Waals surface area contributed by atoms with E-state index < -0.39 is 23.7 Å². The Morgan fingerprint density at radius 2 is 1.62 bits per heavy atom. The summed E-state index contributed by atoms with van der Waals surface area (Å²) in [7, 11) is 0. The minimum atomic E-state index is -4.47. The summed E-state index contributed by atoms with van der Waals surface area (Å²) in [5, 5.41) is 13.7. The third kappa shape index (κ3) is 4.39. The summed E-state index contributed by atoms with van der Waals surface area (Å²) in [6.45, 7) is 0. The summed E-state index contributed by atoms with van der Waals surface area (Å²) in [5.41, 5.74) is -0.734. The van der Waals surface area contributed by atoms with Crippen LogP contribution in [0.1, 0.15) is 15.9 Å². The molecule has 0 saturated heterocycles. The van der Waals surface area contributed by atoms with Crippen molar-refractivity contribution in [2.24, 2.45) is 0 Å². The fraction of sp³-hybridized carbons (Fsp3) is 0.0667. The minimum Gasteiger partial charge on any atom is -0.478 e. The van der Waals surface area contributed by atoms with Crippen molar-refractivity contribution in [3.63, 3.8) is 0 Å². The summed E-state index contributed by atoms with van der Waals surface area (Å²) >= 11 is 5.86. The van der Waals surface area contributed by atoms with Crippen molar-refractivity contribution in [3.8, 4) is 0 Å². The van der Waals surface area contributed by atoms with Crippen molar-refractivity contribution >= 4 is 35.0 Å². The highest BCUT2D eigenvalue weighted by molar-refractivity contribution is 6.34. The van der Waals surface area contributed by atoms with Gasteiger partial charge in [-0.2, -0.15) is 13.2 Å². The van der Waals surface area contributed by atoms with Crippen LogP contribution in [0.2, 0.25) is 5.02 Å². The summed E-state index contributed by atoms with van der Waals surface area (Å²) in [6, 6.07) is 6.80. The smallest absolute Gasteiger partial charge is 0.416 e. The molecular formula is C15H10ClF3N2O3. The Labute approximate surface area is 139 Å². The van der Waals surface area contributed by atoms with Crippen LogP contribution in [0, 0.1) is 0 Å². The maximum Gasteiger partial charge on any atom is 0.416 e. The van der Waals surface area contributed by atoms with Gasteiger partial charge in [0.05, 0.1) is 21.8 Å². The summed E-state index contributed by atoms with van der Waals surface area (Å²) in [5.74, 6) is -1.20. The zero-order valence-electron chi connectivity index (χ0n) is 11.8. The zero-order valence-corrected chi connectivity index (χ0v) is 12.6. The van der Waals surface area contributed by atoms with E-state index >= 15 is 0 Å². The zero-order chi connectivity index (χ0) is 17.9. The van der Waals surface area contributed by atoms with Crippen LogP contribution < -0.4 is 10.6 Å². The number of benzene rings is 2. The van der Waals surface area contributed by atoms with E-state index in [0.29, 0.717) is 0 Å². The van der Waals surface area contributed by atoms with Gasteiger partial charge in [-0.15, -0.1) is 0 Å². The maximum absolute atomic E-state index is 12.5. The molecule has 0 bridgehead atoms. The van der Waals surface area contributed by atoms with E-state index in [-0.39, 0.29) is 22.0 Å². The molecule has 2 aromatic rings. The van der Waals surface area contributed by atoms with Gasteiger partial charge in [0.2, 0.25) is 0 Å². The van der Waals surface area contributed by atoms with Gasteiger partial charge in [-0.1, -0.05) is 11.6 Å². The standard InChI is InChI=1S/C15H10ClF3N2O3/c16-11-6-1-8(13(22)23)7-12(11)21-14(24)20-10-4-2-9(3-5-10)15(17,18)19/h1-7H,(H,22,23)(H2,20,21,24). The first-order valence-electron chi connectivity index (χ1n) is 6.45. The largest absolute Gasteiger partial charge is 0.478 e. The predicted octanol–water partition coefficient (Wildman–Crippen LogP) is 4.70. The molecule has 9 heteroatoms. The van der Waals surface area contributed by atoms with Crippen molar-refractivity contribution in [2.45, 2.75) is 6.18 Å². The number of rotatable bonds is 3. The van der Waals surface area contributed by atoms with Crippen LogP contribution >= 0.6 is 11.6 Å². The van der Waals surface area contributed by atoms with Crippen molar-refractivity contribution in [1.82, 2.24) is 0 Å². The first kappa shape index (κ1) is 17.6. The number of hydrogen-bond acceptors (Lipinski definition) is 2. The fourth-order valence-corrected chi connectivity index (χ4v) is 1.95. The summed E-state index contributed by atoms with van der Waals surface area (Å²) in [6.07, 6.45) is -4.47. The molecule has 0 heterocycles. The van der Waals surface area contributed by atoms with Gasteiger partial charge in [0, 0.05) is 5.69 Å². The lowest BCUT2D eigenvalue weighted by Crippen LogP contribution is -2.20. The molecule has 2 rings (SSSR count). The van der Waals surface area contributed by atoms with E-state index in [1.54, 1.807) is 0 Å². The van der Waals surface area contributed by atoms with Gasteiger partial charge < -0.3 is 15.7 Å². The van der Waals surface area contributed by atoms with Gasteiger partial charge in [-0.05, 0) is 42.5 Å². The Kier molecular flexibility index (Phi) is 4.99. The number of carbonyl (C=O) groups excluding carboxylic acids is 1. The molecular weight excluding hydrogens is 349 g/mol. The van der Waals surface area contributed by atoms with Gasteiger partial charge in [-0.3, -0.25) is 0 Å². The van der Waals surface area contributed by atoms with Crippen molar-refractivity contribution in [2.75, 3.05) is 10.6 Å². The summed E-state index contributed by atoms with van der Waals surface area (Å²) in [4.78, 5) is 22.7. The minimum absolute atomic E-state index is 0.0565. The number of amides is 2. The Morgan fingerprint density at radius 3 is 2.17 bits per heavy atom. The van der Waals surface area contributed by atoms with Crippen molar-refractivity contribution < 1.29 is 27.9 Å². The van der Waals surface area contributed by atoms with Crippen LogP contribution in [0.25, 0.3) is 0 Å². The van der Waals surface area contributed by atoms with Crippen LogP contribution in [0.3, 0.4) is 0 Å². The average molecular weight is 359 g/mol. The van der Waals surface area contributed by atoms with Crippen LogP contribution in [0.5, 0.6) is 0 Å². The van der Waals surface area contributed by atoms with E-state index in [1.807, 2.05) is 0 Å². The Hall–Kier alpha value is -2.74. The molecule has 0 aromatic heterocycles. The third-order valence-electron chi connectivity index (χ3n) is 2.93. The number of halogens is 4. The summed E-state index contributed by atoms with van der Waals surface area (Å²) < 4.78 is 37.4. The second kappa shape index (κ2) is 6.79. The molecule has 0 aliphatic heterocycles. The van der Waals surface area contributed by atoms with Gasteiger partial charge in [0.15, 0.2) is 0 Å². The topological polar surface area (TPSA) is 78.4 Å². The van der Waals surface area contributed by atoms with Crippen LogP contribution in [0.15, 0.2) is 42.5 Å². The molecule has 0 radical (unpaired) electrons. The Bertz CT molecular complexity index is 777. The van der Waals surface area contributed by atoms with E-state index in [2.05, 4.69) is 10.6 Å². The van der Waals surface area contributed by atoms with Crippen LogP contribution in [-0.4, -0.2) is 17.1 Å². The number of carbonyl (C=O) groups is 2. The van der Waals surface area contributed by atoms with Crippen LogP contribution in [-0.2, 0) is 6.18 Å². The number of nitrogens with one attached hydrogen (secondary N) is 2. The second-order valence-electron chi connectivity index (χ2n) is 4.65. The fourth-order valence-electron chi connectivity index (χ4n) is 1.78. The normalized spacial score (nSPS) is 11.0. The molecule has 0 atom stereocenters.